The number of carbonyl (C=O) groups excluding carboxylic acids is 1. The molecule has 1 fully saturated rings. The molecule has 0 saturated carbocycles. The first-order chi connectivity index (χ1) is 13.2. The van der Waals surface area contributed by atoms with Gasteiger partial charge in [0.15, 0.2) is 5.82 Å². The minimum atomic E-state index is -0.234. The Labute approximate surface area is 158 Å². The van der Waals surface area contributed by atoms with Crippen LogP contribution in [-0.4, -0.2) is 39.8 Å². The summed E-state index contributed by atoms with van der Waals surface area (Å²) in [4.78, 5) is 17.4. The van der Waals surface area contributed by atoms with Crippen molar-refractivity contribution in [3.05, 3.63) is 66.5 Å². The van der Waals surface area contributed by atoms with Gasteiger partial charge in [-0.3, -0.25) is 4.79 Å². The van der Waals surface area contributed by atoms with Gasteiger partial charge in [0.25, 0.3) is 5.91 Å². The summed E-state index contributed by atoms with van der Waals surface area (Å²) in [5.41, 5.74) is 1.79. The van der Waals surface area contributed by atoms with Gasteiger partial charge in [0.2, 0.25) is 5.82 Å². The molecule has 0 aliphatic carbocycles. The van der Waals surface area contributed by atoms with Crippen LogP contribution in [0, 0.1) is 5.92 Å². The number of nitrogens with one attached hydrogen (secondary N) is 2. The quantitative estimate of drug-likeness (QED) is 0.749. The van der Waals surface area contributed by atoms with Crippen LogP contribution in [0.2, 0.25) is 0 Å². The molecule has 1 amide bonds. The largest absolute Gasteiger partial charge is 0.345 e. The lowest BCUT2D eigenvalue weighted by atomic mass is 9.95. The van der Waals surface area contributed by atoms with Crippen LogP contribution >= 0.6 is 0 Å². The Morgan fingerprint density at radius 3 is 2.52 bits per heavy atom. The normalized spacial score (nSPS) is 19.6. The van der Waals surface area contributed by atoms with Crippen molar-refractivity contribution in [3.63, 3.8) is 0 Å². The molecule has 1 saturated heterocycles. The molecular weight excluding hydrogens is 338 g/mol. The Morgan fingerprint density at radius 1 is 1.11 bits per heavy atom. The Kier molecular flexibility index (Phi) is 4.98. The third kappa shape index (κ3) is 3.75. The Hall–Kier alpha value is -2.99. The number of hydrogen-bond acceptors (Lipinski definition) is 4. The zero-order valence-electron chi connectivity index (χ0n) is 15.3. The number of piperidine rings is 1. The van der Waals surface area contributed by atoms with Crippen molar-refractivity contribution in [2.75, 3.05) is 13.1 Å². The summed E-state index contributed by atoms with van der Waals surface area (Å²) in [6, 6.07) is 19.6. The minimum absolute atomic E-state index is 0.0927. The fourth-order valence-corrected chi connectivity index (χ4v) is 3.35. The number of nitrogens with zero attached hydrogens (tertiary/aromatic N) is 3. The molecule has 2 heterocycles. The predicted octanol–water partition coefficient (Wildman–Crippen LogP) is 2.66. The van der Waals surface area contributed by atoms with E-state index in [1.807, 2.05) is 60.7 Å². The van der Waals surface area contributed by atoms with Gasteiger partial charge < -0.3 is 10.6 Å². The predicted molar refractivity (Wildman–Crippen MR) is 105 cm³/mol. The van der Waals surface area contributed by atoms with Crippen molar-refractivity contribution in [1.29, 1.82) is 0 Å². The fraction of sp³-hybridized carbons (Fsp3) is 0.286. The van der Waals surface area contributed by atoms with Gasteiger partial charge in [0.1, 0.15) is 0 Å². The monoisotopic (exact) mass is 361 g/mol. The number of rotatable bonds is 4. The van der Waals surface area contributed by atoms with Crippen LogP contribution in [0.3, 0.4) is 0 Å². The highest BCUT2D eigenvalue weighted by molar-refractivity contribution is 5.91. The van der Waals surface area contributed by atoms with Crippen LogP contribution in [0.15, 0.2) is 60.7 Å². The second kappa shape index (κ2) is 7.72. The molecule has 2 aromatic carbocycles. The lowest BCUT2D eigenvalue weighted by Crippen LogP contribution is -2.50. The van der Waals surface area contributed by atoms with Crippen LogP contribution in [0.25, 0.3) is 17.1 Å². The second-order valence-electron chi connectivity index (χ2n) is 6.92. The van der Waals surface area contributed by atoms with Gasteiger partial charge in [-0.15, -0.1) is 5.10 Å². The van der Waals surface area contributed by atoms with Crippen LogP contribution in [-0.2, 0) is 0 Å². The number of para-hydroxylation sites is 1. The number of amides is 1. The maximum Gasteiger partial charge on any atom is 0.291 e. The Morgan fingerprint density at radius 2 is 1.81 bits per heavy atom. The zero-order valence-corrected chi connectivity index (χ0v) is 15.3. The first-order valence-corrected chi connectivity index (χ1v) is 9.32. The van der Waals surface area contributed by atoms with Crippen LogP contribution in [0.4, 0.5) is 0 Å². The molecular formula is C21H23N5O. The van der Waals surface area contributed by atoms with Crippen molar-refractivity contribution in [3.8, 4) is 17.1 Å². The summed E-state index contributed by atoms with van der Waals surface area (Å²) < 4.78 is 1.73. The highest BCUT2D eigenvalue weighted by Crippen LogP contribution is 2.21. The SMILES string of the molecule is CC1CCNCC1NC(=O)c1nc(-c2ccccc2)n(-c2ccccc2)n1. The molecule has 138 valence electrons. The fourth-order valence-electron chi connectivity index (χ4n) is 3.35. The summed E-state index contributed by atoms with van der Waals surface area (Å²) in [5, 5.41) is 10.9. The number of hydrogen-bond donors (Lipinski definition) is 2. The first-order valence-electron chi connectivity index (χ1n) is 9.32. The second-order valence-corrected chi connectivity index (χ2v) is 6.92. The number of aromatic nitrogens is 3. The van der Waals surface area contributed by atoms with Crippen molar-refractivity contribution in [2.24, 2.45) is 5.92 Å². The van der Waals surface area contributed by atoms with Crippen LogP contribution in [0.5, 0.6) is 0 Å². The average molecular weight is 361 g/mol. The molecule has 0 bridgehead atoms. The van der Waals surface area contributed by atoms with E-state index in [4.69, 9.17) is 0 Å². The number of carbonyl (C=O) groups is 1. The van der Waals surface area contributed by atoms with E-state index in [-0.39, 0.29) is 17.8 Å². The molecule has 6 heteroatoms. The third-order valence-electron chi connectivity index (χ3n) is 4.99. The van der Waals surface area contributed by atoms with Crippen molar-refractivity contribution >= 4 is 5.91 Å². The van der Waals surface area contributed by atoms with Gasteiger partial charge in [-0.05, 0) is 31.0 Å². The van der Waals surface area contributed by atoms with E-state index in [0.717, 1.165) is 30.8 Å². The van der Waals surface area contributed by atoms with E-state index in [0.29, 0.717) is 11.7 Å². The molecule has 0 radical (unpaired) electrons. The summed E-state index contributed by atoms with van der Waals surface area (Å²) >= 11 is 0. The van der Waals surface area contributed by atoms with Crippen molar-refractivity contribution < 1.29 is 4.79 Å². The third-order valence-corrected chi connectivity index (χ3v) is 4.99. The van der Waals surface area contributed by atoms with E-state index < -0.39 is 0 Å². The standard InChI is InChI=1S/C21H23N5O/c1-15-12-13-22-14-18(15)23-21(27)19-24-20(16-8-4-2-5-9-16)26(25-19)17-10-6-3-7-11-17/h2-11,15,18,22H,12-14H2,1H3,(H,23,27). The lowest BCUT2D eigenvalue weighted by molar-refractivity contribution is 0.0904. The van der Waals surface area contributed by atoms with E-state index in [1.165, 1.54) is 0 Å². The van der Waals surface area contributed by atoms with Gasteiger partial charge in [-0.2, -0.15) is 0 Å². The Balaban J connectivity index is 1.68. The maximum absolute atomic E-state index is 12.8. The van der Waals surface area contributed by atoms with Gasteiger partial charge in [0.05, 0.1) is 5.69 Å². The highest BCUT2D eigenvalue weighted by Gasteiger charge is 2.25. The zero-order chi connectivity index (χ0) is 18.6. The minimum Gasteiger partial charge on any atom is -0.345 e. The van der Waals surface area contributed by atoms with Gasteiger partial charge in [-0.1, -0.05) is 55.5 Å². The van der Waals surface area contributed by atoms with E-state index >= 15 is 0 Å². The molecule has 6 nitrogen and oxygen atoms in total. The number of benzene rings is 2. The molecule has 2 unspecified atom stereocenters. The maximum atomic E-state index is 12.8. The topological polar surface area (TPSA) is 71.8 Å². The molecule has 2 N–H and O–H groups in total. The molecule has 2 atom stereocenters. The summed E-state index contributed by atoms with van der Waals surface area (Å²) in [6.45, 7) is 3.93. The van der Waals surface area contributed by atoms with E-state index in [1.54, 1.807) is 4.68 Å². The highest BCUT2D eigenvalue weighted by atomic mass is 16.2. The summed E-state index contributed by atoms with van der Waals surface area (Å²) in [5.74, 6) is 1.04. The molecule has 4 rings (SSSR count). The molecule has 1 aromatic heterocycles. The van der Waals surface area contributed by atoms with Gasteiger partial charge >= 0.3 is 0 Å². The molecule has 1 aliphatic heterocycles. The van der Waals surface area contributed by atoms with Gasteiger partial charge in [-0.25, -0.2) is 9.67 Å². The molecule has 1 aliphatic rings. The molecule has 3 aromatic rings. The smallest absolute Gasteiger partial charge is 0.291 e. The molecule has 27 heavy (non-hydrogen) atoms. The summed E-state index contributed by atoms with van der Waals surface area (Å²) in [7, 11) is 0. The van der Waals surface area contributed by atoms with Crippen LogP contribution < -0.4 is 10.6 Å². The van der Waals surface area contributed by atoms with Crippen LogP contribution in [0.1, 0.15) is 24.0 Å². The van der Waals surface area contributed by atoms with E-state index in [2.05, 4.69) is 27.6 Å². The first kappa shape index (κ1) is 17.4. The van der Waals surface area contributed by atoms with Crippen molar-refractivity contribution in [2.45, 2.75) is 19.4 Å². The van der Waals surface area contributed by atoms with Gasteiger partial charge in [0, 0.05) is 18.2 Å². The van der Waals surface area contributed by atoms with E-state index in [9.17, 15) is 4.79 Å². The lowest BCUT2D eigenvalue weighted by Gasteiger charge is -2.29. The molecule has 0 spiro atoms. The Bertz CT molecular complexity index is 850. The average Bonchev–Trinajstić information content (AvgIpc) is 3.17. The summed E-state index contributed by atoms with van der Waals surface area (Å²) in [6.07, 6.45) is 1.05. The van der Waals surface area contributed by atoms with Crippen molar-refractivity contribution in [1.82, 2.24) is 25.4 Å².